The van der Waals surface area contributed by atoms with E-state index in [1.807, 2.05) is 19.1 Å². The summed E-state index contributed by atoms with van der Waals surface area (Å²) in [6, 6.07) is 12.8. The van der Waals surface area contributed by atoms with Gasteiger partial charge in [-0.25, -0.2) is 13.4 Å². The van der Waals surface area contributed by atoms with Crippen LogP contribution in [0.4, 0.5) is 5.13 Å². The van der Waals surface area contributed by atoms with Gasteiger partial charge in [0, 0.05) is 37.1 Å². The number of hydrogen-bond donors (Lipinski definition) is 0. The van der Waals surface area contributed by atoms with Crippen LogP contribution in [0.25, 0.3) is 10.2 Å². The summed E-state index contributed by atoms with van der Waals surface area (Å²) in [4.78, 5) is 21.5. The Kier molecular flexibility index (Phi) is 6.13. The van der Waals surface area contributed by atoms with E-state index in [2.05, 4.69) is 26.9 Å². The molecule has 0 atom stereocenters. The van der Waals surface area contributed by atoms with Crippen LogP contribution in [-0.4, -0.2) is 56.1 Å². The van der Waals surface area contributed by atoms with Gasteiger partial charge in [-0.05, 0) is 37.3 Å². The van der Waals surface area contributed by atoms with Gasteiger partial charge in [-0.2, -0.15) is 0 Å². The van der Waals surface area contributed by atoms with E-state index in [0.717, 1.165) is 25.4 Å². The molecule has 1 aromatic heterocycles. The summed E-state index contributed by atoms with van der Waals surface area (Å²) in [5.41, 5.74) is 1.97. The molecule has 0 aliphatic carbocycles. The van der Waals surface area contributed by atoms with Crippen molar-refractivity contribution in [3.63, 3.8) is 0 Å². The Hall–Kier alpha value is -1.97. The molecule has 9 heteroatoms. The topological polar surface area (TPSA) is 70.6 Å². The number of amides is 1. The van der Waals surface area contributed by atoms with Gasteiger partial charge in [0.1, 0.15) is 0 Å². The zero-order valence-electron chi connectivity index (χ0n) is 16.5. The number of nitrogens with zero attached hydrogens (tertiary/aromatic N) is 3. The molecule has 2 aromatic carbocycles. The van der Waals surface area contributed by atoms with Crippen LogP contribution >= 0.6 is 27.3 Å². The minimum absolute atomic E-state index is 0.00533. The van der Waals surface area contributed by atoms with Crippen LogP contribution in [-0.2, 0) is 14.6 Å². The summed E-state index contributed by atoms with van der Waals surface area (Å²) in [6.07, 6.45) is 0.00533. The smallest absolute Gasteiger partial charge is 0.223 e. The van der Waals surface area contributed by atoms with Crippen LogP contribution in [0.1, 0.15) is 12.0 Å². The van der Waals surface area contributed by atoms with E-state index >= 15 is 0 Å². The second kappa shape index (κ2) is 8.64. The van der Waals surface area contributed by atoms with Crippen LogP contribution in [0.15, 0.2) is 51.8 Å². The highest BCUT2D eigenvalue weighted by molar-refractivity contribution is 9.10. The number of carbonyl (C=O) groups excluding carboxylic acids is 1. The molecule has 1 amide bonds. The molecule has 0 bridgehead atoms. The normalized spacial score (nSPS) is 15.0. The number of anilines is 1. The summed E-state index contributed by atoms with van der Waals surface area (Å²) in [5.74, 6) is -0.277. The molecule has 2 heterocycles. The number of benzene rings is 2. The lowest BCUT2D eigenvalue weighted by Crippen LogP contribution is -2.49. The van der Waals surface area contributed by atoms with Crippen LogP contribution in [0, 0.1) is 6.92 Å². The van der Waals surface area contributed by atoms with Gasteiger partial charge in [0.25, 0.3) is 0 Å². The fourth-order valence-corrected chi connectivity index (χ4v) is 6.21. The molecule has 1 saturated heterocycles. The first-order chi connectivity index (χ1) is 14.3. The largest absolute Gasteiger partial charge is 0.345 e. The van der Waals surface area contributed by atoms with E-state index in [4.69, 9.17) is 4.98 Å². The van der Waals surface area contributed by atoms with Gasteiger partial charge in [-0.1, -0.05) is 45.0 Å². The summed E-state index contributed by atoms with van der Waals surface area (Å²) in [7, 11) is -3.45. The van der Waals surface area contributed by atoms with E-state index in [1.165, 1.54) is 0 Å². The molecule has 158 valence electrons. The molecule has 4 rings (SSSR count). The first-order valence-corrected chi connectivity index (χ1v) is 13.0. The third-order valence-corrected chi connectivity index (χ3v) is 8.51. The molecular weight excluding hydrogens is 486 g/mol. The first kappa shape index (κ1) is 21.3. The number of piperazine rings is 1. The van der Waals surface area contributed by atoms with Gasteiger partial charge in [0.2, 0.25) is 5.91 Å². The third-order valence-electron chi connectivity index (χ3n) is 5.21. The van der Waals surface area contributed by atoms with E-state index in [1.54, 1.807) is 40.5 Å². The Bertz CT molecular complexity index is 1170. The van der Waals surface area contributed by atoms with Gasteiger partial charge in [-0.15, -0.1) is 0 Å². The van der Waals surface area contributed by atoms with Gasteiger partial charge in [-0.3, -0.25) is 4.79 Å². The molecule has 0 N–H and O–H groups in total. The second-order valence-corrected chi connectivity index (χ2v) is 11.4. The number of thiazole rings is 1. The molecule has 0 saturated carbocycles. The summed E-state index contributed by atoms with van der Waals surface area (Å²) < 4.78 is 27.1. The minimum atomic E-state index is -3.45. The Morgan fingerprint density at radius 2 is 1.80 bits per heavy atom. The average molecular weight is 508 g/mol. The van der Waals surface area contributed by atoms with Crippen molar-refractivity contribution in [2.24, 2.45) is 0 Å². The molecule has 6 nitrogen and oxygen atoms in total. The molecule has 1 fully saturated rings. The summed E-state index contributed by atoms with van der Waals surface area (Å²) in [5, 5.41) is 0.956. The summed E-state index contributed by atoms with van der Waals surface area (Å²) >= 11 is 5.13. The quantitative estimate of drug-likeness (QED) is 0.523. The Labute approximate surface area is 188 Å². The Morgan fingerprint density at radius 1 is 1.10 bits per heavy atom. The maximum atomic E-state index is 12.6. The van der Waals surface area contributed by atoms with Crippen molar-refractivity contribution in [2.75, 3.05) is 36.8 Å². The zero-order chi connectivity index (χ0) is 21.3. The van der Waals surface area contributed by atoms with E-state index in [-0.39, 0.29) is 23.0 Å². The van der Waals surface area contributed by atoms with Crippen molar-refractivity contribution >= 4 is 58.4 Å². The Balaban J connectivity index is 1.33. The number of carbonyl (C=O) groups is 1. The highest BCUT2D eigenvalue weighted by Crippen LogP contribution is 2.31. The first-order valence-electron chi connectivity index (χ1n) is 9.70. The van der Waals surface area contributed by atoms with Crippen molar-refractivity contribution in [3.8, 4) is 0 Å². The number of aromatic nitrogens is 1. The molecule has 1 aliphatic rings. The van der Waals surface area contributed by atoms with Crippen molar-refractivity contribution in [3.05, 3.63) is 52.5 Å². The van der Waals surface area contributed by atoms with E-state index in [0.29, 0.717) is 26.2 Å². The highest BCUT2D eigenvalue weighted by atomic mass is 79.9. The van der Waals surface area contributed by atoms with Gasteiger partial charge in [0.15, 0.2) is 15.0 Å². The van der Waals surface area contributed by atoms with E-state index < -0.39 is 9.84 Å². The maximum absolute atomic E-state index is 12.6. The third kappa shape index (κ3) is 4.68. The minimum Gasteiger partial charge on any atom is -0.345 e. The van der Waals surface area contributed by atoms with Crippen LogP contribution in [0.3, 0.4) is 0 Å². The molecule has 3 aromatic rings. The number of hydrogen-bond acceptors (Lipinski definition) is 6. The molecule has 30 heavy (non-hydrogen) atoms. The average Bonchev–Trinajstić information content (AvgIpc) is 3.16. The van der Waals surface area contributed by atoms with Crippen LogP contribution < -0.4 is 4.90 Å². The van der Waals surface area contributed by atoms with E-state index in [9.17, 15) is 13.2 Å². The number of halogens is 1. The monoisotopic (exact) mass is 507 g/mol. The highest BCUT2D eigenvalue weighted by Gasteiger charge is 2.25. The van der Waals surface area contributed by atoms with Gasteiger partial charge < -0.3 is 9.80 Å². The molecule has 0 radical (unpaired) electrons. The standard InChI is InChI=1S/C21H22BrN3O3S2/c1-15-2-5-17(6-3-15)30(27,28)13-8-20(26)24-9-11-25(12-10-24)21-23-18-7-4-16(22)14-19(18)29-21/h2-7,14H,8-13H2,1H3. The zero-order valence-corrected chi connectivity index (χ0v) is 19.8. The molecule has 0 spiro atoms. The number of rotatable bonds is 5. The second-order valence-electron chi connectivity index (χ2n) is 7.36. The van der Waals surface area contributed by atoms with Gasteiger partial charge in [0.05, 0.1) is 20.9 Å². The molecule has 1 aliphatic heterocycles. The van der Waals surface area contributed by atoms with Crippen molar-refractivity contribution in [1.29, 1.82) is 0 Å². The SMILES string of the molecule is Cc1ccc(S(=O)(=O)CCC(=O)N2CCN(c3nc4ccc(Br)cc4s3)CC2)cc1. The lowest BCUT2D eigenvalue weighted by Gasteiger charge is -2.34. The van der Waals surface area contributed by atoms with Gasteiger partial charge >= 0.3 is 0 Å². The number of sulfone groups is 1. The lowest BCUT2D eigenvalue weighted by molar-refractivity contribution is -0.131. The van der Waals surface area contributed by atoms with Crippen molar-refractivity contribution in [1.82, 2.24) is 9.88 Å². The summed E-state index contributed by atoms with van der Waals surface area (Å²) in [6.45, 7) is 4.44. The number of fused-ring (bicyclic) bond motifs is 1. The fraction of sp³-hybridized carbons (Fsp3) is 0.333. The lowest BCUT2D eigenvalue weighted by atomic mass is 10.2. The fourth-order valence-electron chi connectivity index (χ4n) is 3.41. The van der Waals surface area contributed by atoms with Crippen LogP contribution in [0.5, 0.6) is 0 Å². The maximum Gasteiger partial charge on any atom is 0.223 e. The van der Waals surface area contributed by atoms with Crippen molar-refractivity contribution < 1.29 is 13.2 Å². The van der Waals surface area contributed by atoms with Crippen molar-refractivity contribution in [2.45, 2.75) is 18.2 Å². The predicted molar refractivity (Wildman–Crippen MR) is 124 cm³/mol. The Morgan fingerprint density at radius 3 is 2.50 bits per heavy atom. The molecule has 0 unspecified atom stereocenters. The molecular formula is C21H22BrN3O3S2. The van der Waals surface area contributed by atoms with Crippen LogP contribution in [0.2, 0.25) is 0 Å². The predicted octanol–water partition coefficient (Wildman–Crippen LogP) is 3.88. The number of aryl methyl sites for hydroxylation is 1.